The van der Waals surface area contributed by atoms with Crippen LogP contribution in [0.25, 0.3) is 0 Å². The van der Waals surface area contributed by atoms with E-state index in [0.29, 0.717) is 0 Å². The molecule has 2 aliphatic carbocycles. The summed E-state index contributed by atoms with van der Waals surface area (Å²) in [6.45, 7) is 6.33. The van der Waals surface area contributed by atoms with Crippen LogP contribution in [0.15, 0.2) is 30.3 Å². The molecule has 0 radical (unpaired) electrons. The normalized spacial score (nSPS) is 18.8. The Kier molecular flexibility index (Phi) is 12.9. The summed E-state index contributed by atoms with van der Waals surface area (Å²) in [5.41, 5.74) is 1.32. The molecule has 138 valence electrons. The molecule has 3 rings (SSSR count). The van der Waals surface area contributed by atoms with E-state index in [1.807, 2.05) is 18.2 Å². The first-order valence-electron chi connectivity index (χ1n) is 10.8. The summed E-state index contributed by atoms with van der Waals surface area (Å²) < 4.78 is 0. The van der Waals surface area contributed by atoms with Gasteiger partial charge in [0.25, 0.3) is 0 Å². The van der Waals surface area contributed by atoms with Gasteiger partial charge in [-0.25, -0.2) is 0 Å². The van der Waals surface area contributed by atoms with E-state index < -0.39 is 0 Å². The lowest BCUT2D eigenvalue weighted by Crippen LogP contribution is -2.11. The number of aryl methyl sites for hydroxylation is 1. The first-order valence-corrected chi connectivity index (χ1v) is 10.8. The van der Waals surface area contributed by atoms with Gasteiger partial charge in [-0.2, -0.15) is 0 Å². The zero-order valence-corrected chi connectivity index (χ0v) is 16.7. The van der Waals surface area contributed by atoms with Gasteiger partial charge in [-0.1, -0.05) is 133 Å². The number of benzene rings is 1. The standard InChI is InChI=1S/C14H26.C7H8.C3H8/c1-3-7-13(8-4-1)11-12-14-9-5-2-6-10-14;1-7-5-3-2-4-6-7;1-3-2/h13-14H,1-12H2;2-6H,1H3;3H2,1-2H3. The molecule has 0 N–H and O–H groups in total. The lowest BCUT2D eigenvalue weighted by molar-refractivity contribution is 0.273. The Labute approximate surface area is 152 Å². The molecule has 1 aromatic carbocycles. The SMILES string of the molecule is C1CCC(CCC2CCCCC2)CC1.CCC.Cc1ccccc1. The molecule has 0 atom stereocenters. The van der Waals surface area contributed by atoms with Crippen LogP contribution in [0.5, 0.6) is 0 Å². The highest BCUT2D eigenvalue weighted by atomic mass is 14.2. The van der Waals surface area contributed by atoms with E-state index in [2.05, 4.69) is 32.9 Å². The van der Waals surface area contributed by atoms with Crippen molar-refractivity contribution in [3.8, 4) is 0 Å². The van der Waals surface area contributed by atoms with Crippen LogP contribution in [-0.4, -0.2) is 0 Å². The van der Waals surface area contributed by atoms with Crippen molar-refractivity contribution in [3.63, 3.8) is 0 Å². The maximum Gasteiger partial charge on any atom is -0.0398 e. The third kappa shape index (κ3) is 10.9. The van der Waals surface area contributed by atoms with Crippen LogP contribution in [-0.2, 0) is 0 Å². The minimum atomic E-state index is 1.12. The second-order valence-electron chi connectivity index (χ2n) is 7.95. The second kappa shape index (κ2) is 14.6. The van der Waals surface area contributed by atoms with Crippen LogP contribution in [0, 0.1) is 18.8 Å². The minimum absolute atomic E-state index is 1.12. The molecule has 0 amide bonds. The Hall–Kier alpha value is -0.780. The fourth-order valence-electron chi connectivity index (χ4n) is 3.96. The molecule has 0 aliphatic heterocycles. The lowest BCUT2D eigenvalue weighted by atomic mass is 9.80. The monoisotopic (exact) mass is 330 g/mol. The van der Waals surface area contributed by atoms with Gasteiger partial charge in [-0.15, -0.1) is 0 Å². The van der Waals surface area contributed by atoms with Crippen molar-refractivity contribution in [3.05, 3.63) is 35.9 Å². The zero-order valence-electron chi connectivity index (χ0n) is 16.7. The quantitative estimate of drug-likeness (QED) is 0.522. The van der Waals surface area contributed by atoms with Crippen LogP contribution < -0.4 is 0 Å². The van der Waals surface area contributed by atoms with Gasteiger partial charge in [0, 0.05) is 0 Å². The maximum atomic E-state index is 2.12. The van der Waals surface area contributed by atoms with Crippen molar-refractivity contribution in [1.82, 2.24) is 0 Å². The van der Waals surface area contributed by atoms with Crippen molar-refractivity contribution in [2.24, 2.45) is 11.8 Å². The van der Waals surface area contributed by atoms with Crippen LogP contribution in [0.4, 0.5) is 0 Å². The Balaban J connectivity index is 0.000000241. The molecule has 0 heterocycles. The fraction of sp³-hybridized carbons (Fsp3) is 0.750. The highest BCUT2D eigenvalue weighted by Gasteiger charge is 2.17. The van der Waals surface area contributed by atoms with Gasteiger partial charge in [0.2, 0.25) is 0 Å². The van der Waals surface area contributed by atoms with E-state index in [0.717, 1.165) is 11.8 Å². The predicted octanol–water partition coefficient (Wildman–Crippen LogP) is 8.34. The summed E-state index contributed by atoms with van der Waals surface area (Å²) in [6, 6.07) is 10.3. The number of hydrogen-bond acceptors (Lipinski definition) is 0. The summed E-state index contributed by atoms with van der Waals surface area (Å²) in [7, 11) is 0. The largest absolute Gasteiger partial charge is 0.0656 e. The van der Waals surface area contributed by atoms with E-state index in [9.17, 15) is 0 Å². The van der Waals surface area contributed by atoms with Crippen LogP contribution in [0.1, 0.15) is 103 Å². The smallest absolute Gasteiger partial charge is 0.0398 e. The molecule has 0 heteroatoms. The van der Waals surface area contributed by atoms with Gasteiger partial charge in [0.05, 0.1) is 0 Å². The average Bonchev–Trinajstić information content (AvgIpc) is 2.64. The van der Waals surface area contributed by atoms with Gasteiger partial charge in [0.15, 0.2) is 0 Å². The molecule has 2 aliphatic rings. The van der Waals surface area contributed by atoms with Crippen LogP contribution >= 0.6 is 0 Å². The fourth-order valence-corrected chi connectivity index (χ4v) is 3.96. The third-order valence-electron chi connectivity index (χ3n) is 5.37. The summed E-state index contributed by atoms with van der Waals surface area (Å²) in [5.74, 6) is 2.23. The van der Waals surface area contributed by atoms with Gasteiger partial charge < -0.3 is 0 Å². The molecule has 0 bridgehead atoms. The van der Waals surface area contributed by atoms with Crippen LogP contribution in [0.3, 0.4) is 0 Å². The van der Waals surface area contributed by atoms with Crippen molar-refractivity contribution >= 4 is 0 Å². The van der Waals surface area contributed by atoms with Gasteiger partial charge >= 0.3 is 0 Å². The predicted molar refractivity (Wildman–Crippen MR) is 110 cm³/mol. The van der Waals surface area contributed by atoms with Crippen LogP contribution in [0.2, 0.25) is 0 Å². The molecule has 0 unspecified atom stereocenters. The third-order valence-corrected chi connectivity index (χ3v) is 5.37. The molecular weight excluding hydrogens is 288 g/mol. The van der Waals surface area contributed by atoms with Crippen molar-refractivity contribution < 1.29 is 0 Å². The summed E-state index contributed by atoms with van der Waals surface area (Å²) >= 11 is 0. The van der Waals surface area contributed by atoms with Gasteiger partial charge in [-0.05, 0) is 18.8 Å². The molecular formula is C24H42. The average molecular weight is 331 g/mol. The van der Waals surface area contributed by atoms with E-state index in [1.165, 1.54) is 50.5 Å². The first kappa shape index (κ1) is 21.3. The van der Waals surface area contributed by atoms with Gasteiger partial charge in [0.1, 0.15) is 0 Å². The van der Waals surface area contributed by atoms with E-state index in [-0.39, 0.29) is 0 Å². The van der Waals surface area contributed by atoms with Gasteiger partial charge in [-0.3, -0.25) is 0 Å². The van der Waals surface area contributed by atoms with Crippen molar-refractivity contribution in [2.75, 3.05) is 0 Å². The first-order chi connectivity index (χ1) is 11.8. The molecule has 24 heavy (non-hydrogen) atoms. The number of rotatable bonds is 3. The second-order valence-corrected chi connectivity index (χ2v) is 7.95. The summed E-state index contributed by atoms with van der Waals surface area (Å²) in [4.78, 5) is 0. The Morgan fingerprint density at radius 1 is 0.667 bits per heavy atom. The zero-order chi connectivity index (χ0) is 17.5. The minimum Gasteiger partial charge on any atom is -0.0656 e. The van der Waals surface area contributed by atoms with E-state index >= 15 is 0 Å². The highest BCUT2D eigenvalue weighted by Crippen LogP contribution is 2.32. The molecule has 0 saturated heterocycles. The van der Waals surface area contributed by atoms with E-state index in [1.54, 1.807) is 38.5 Å². The van der Waals surface area contributed by atoms with Crippen molar-refractivity contribution in [2.45, 2.75) is 104 Å². The molecule has 2 saturated carbocycles. The highest BCUT2D eigenvalue weighted by molar-refractivity contribution is 5.11. The molecule has 2 fully saturated rings. The summed E-state index contributed by atoms with van der Waals surface area (Å²) in [5, 5.41) is 0. The molecule has 0 nitrogen and oxygen atoms in total. The Morgan fingerprint density at radius 3 is 1.33 bits per heavy atom. The lowest BCUT2D eigenvalue weighted by Gasteiger charge is -2.26. The Bertz CT molecular complexity index is 337. The van der Waals surface area contributed by atoms with E-state index in [4.69, 9.17) is 0 Å². The Morgan fingerprint density at radius 2 is 1.04 bits per heavy atom. The maximum absolute atomic E-state index is 2.12. The number of hydrogen-bond donors (Lipinski definition) is 0. The molecule has 0 spiro atoms. The molecule has 0 aromatic heterocycles. The topological polar surface area (TPSA) is 0 Å². The molecule has 1 aromatic rings. The summed E-state index contributed by atoms with van der Waals surface area (Å²) in [6.07, 6.45) is 19.7. The van der Waals surface area contributed by atoms with Crippen molar-refractivity contribution in [1.29, 1.82) is 0 Å².